The van der Waals surface area contributed by atoms with Crippen molar-refractivity contribution in [3.8, 4) is 5.75 Å². The van der Waals surface area contributed by atoms with Crippen LogP contribution in [0.5, 0.6) is 5.75 Å². The molecule has 0 fully saturated rings. The van der Waals surface area contributed by atoms with E-state index in [0.29, 0.717) is 4.99 Å². The van der Waals surface area contributed by atoms with Gasteiger partial charge < -0.3 is 4.74 Å². The zero-order chi connectivity index (χ0) is 13.0. The normalized spacial score (nSPS) is 9.89. The van der Waals surface area contributed by atoms with Crippen molar-refractivity contribution in [1.82, 2.24) is 0 Å². The molecule has 0 atom stereocenters. The number of nitrogens with zero attached hydrogens (tertiary/aromatic N) is 1. The molecule has 4 heteroatoms. The third kappa shape index (κ3) is 2.84. The Morgan fingerprint density at radius 1 is 1.17 bits per heavy atom. The monoisotopic (exact) mass is 259 g/mol. The number of aryl methyl sites for hydroxylation is 1. The van der Waals surface area contributed by atoms with Gasteiger partial charge in [0.15, 0.2) is 17.4 Å². The van der Waals surface area contributed by atoms with Crippen LogP contribution in [0, 0.1) is 6.92 Å². The SMILES string of the molecule is COc1ccccc1C(=S)N[n+]1ccc(C)cc1. The van der Waals surface area contributed by atoms with Gasteiger partial charge in [-0.05, 0) is 24.6 Å². The first-order valence-corrected chi connectivity index (χ1v) is 6.04. The summed E-state index contributed by atoms with van der Waals surface area (Å²) >= 11 is 5.38. The summed E-state index contributed by atoms with van der Waals surface area (Å²) in [6, 6.07) is 11.7. The van der Waals surface area contributed by atoms with Gasteiger partial charge in [-0.25, -0.2) is 0 Å². The van der Waals surface area contributed by atoms with Crippen LogP contribution in [0.25, 0.3) is 0 Å². The largest absolute Gasteiger partial charge is 0.496 e. The molecular formula is C14H15N2OS+. The summed E-state index contributed by atoms with van der Waals surface area (Å²) in [6.07, 6.45) is 3.86. The smallest absolute Gasteiger partial charge is 0.200 e. The molecule has 2 aromatic rings. The molecule has 2 rings (SSSR count). The van der Waals surface area contributed by atoms with Gasteiger partial charge in [0.05, 0.1) is 12.7 Å². The van der Waals surface area contributed by atoms with E-state index in [1.54, 1.807) is 7.11 Å². The lowest BCUT2D eigenvalue weighted by atomic mass is 10.2. The number of nitrogens with one attached hydrogen (secondary N) is 1. The van der Waals surface area contributed by atoms with Crippen molar-refractivity contribution < 1.29 is 9.41 Å². The van der Waals surface area contributed by atoms with E-state index in [1.807, 2.05) is 60.4 Å². The lowest BCUT2D eigenvalue weighted by molar-refractivity contribution is -0.640. The highest BCUT2D eigenvalue weighted by Gasteiger charge is 2.10. The van der Waals surface area contributed by atoms with Crippen LogP contribution in [0.4, 0.5) is 0 Å². The minimum atomic E-state index is 0.626. The summed E-state index contributed by atoms with van der Waals surface area (Å²) in [5, 5.41) is 0. The molecule has 3 nitrogen and oxygen atoms in total. The number of hydrogen-bond acceptors (Lipinski definition) is 2. The van der Waals surface area contributed by atoms with Crippen molar-refractivity contribution in [3.05, 3.63) is 59.9 Å². The summed E-state index contributed by atoms with van der Waals surface area (Å²) in [5.74, 6) is 0.766. The number of para-hydroxylation sites is 1. The summed E-state index contributed by atoms with van der Waals surface area (Å²) in [6.45, 7) is 2.04. The standard InChI is InChI=1S/C14H14N2OS/c1-11-7-9-16(10-8-11)15-14(18)12-5-3-4-6-13(12)17-2/h3-10H,1-2H3/p+1. The Labute approximate surface area is 112 Å². The van der Waals surface area contributed by atoms with E-state index in [-0.39, 0.29) is 0 Å². The number of rotatable bonds is 3. The molecule has 0 unspecified atom stereocenters. The van der Waals surface area contributed by atoms with E-state index in [2.05, 4.69) is 5.43 Å². The molecule has 0 radical (unpaired) electrons. The third-order valence-corrected chi connectivity index (χ3v) is 2.89. The van der Waals surface area contributed by atoms with Gasteiger partial charge in [0.2, 0.25) is 0 Å². The summed E-state index contributed by atoms with van der Waals surface area (Å²) in [4.78, 5) is 0.626. The van der Waals surface area contributed by atoms with Crippen LogP contribution in [-0.2, 0) is 0 Å². The van der Waals surface area contributed by atoms with Crippen LogP contribution in [0.3, 0.4) is 0 Å². The van der Waals surface area contributed by atoms with E-state index in [1.165, 1.54) is 5.56 Å². The molecule has 0 aliphatic carbocycles. The number of pyridine rings is 1. The fourth-order valence-electron chi connectivity index (χ4n) is 1.59. The van der Waals surface area contributed by atoms with Crippen LogP contribution in [-0.4, -0.2) is 12.1 Å². The molecule has 0 aliphatic heterocycles. The molecule has 1 N–H and O–H groups in total. The number of benzene rings is 1. The van der Waals surface area contributed by atoms with Crippen LogP contribution in [0.2, 0.25) is 0 Å². The average molecular weight is 259 g/mol. The second-order valence-electron chi connectivity index (χ2n) is 3.92. The summed E-state index contributed by atoms with van der Waals surface area (Å²) in [7, 11) is 1.64. The average Bonchev–Trinajstić information content (AvgIpc) is 2.41. The molecule has 1 aromatic carbocycles. The first-order valence-electron chi connectivity index (χ1n) is 5.63. The zero-order valence-electron chi connectivity index (χ0n) is 10.4. The number of thiocarbonyl (C=S) groups is 1. The van der Waals surface area contributed by atoms with E-state index in [9.17, 15) is 0 Å². The molecule has 18 heavy (non-hydrogen) atoms. The fraction of sp³-hybridized carbons (Fsp3) is 0.143. The van der Waals surface area contributed by atoms with Gasteiger partial charge in [-0.15, -0.1) is 5.43 Å². The highest BCUT2D eigenvalue weighted by Crippen LogP contribution is 2.17. The molecule has 0 spiro atoms. The lowest BCUT2D eigenvalue weighted by Gasteiger charge is -2.08. The zero-order valence-corrected chi connectivity index (χ0v) is 11.2. The Balaban J connectivity index is 2.19. The lowest BCUT2D eigenvalue weighted by Crippen LogP contribution is -2.47. The first-order chi connectivity index (χ1) is 8.70. The van der Waals surface area contributed by atoms with Crippen molar-refractivity contribution in [1.29, 1.82) is 0 Å². The Morgan fingerprint density at radius 3 is 2.50 bits per heavy atom. The van der Waals surface area contributed by atoms with Crippen LogP contribution in [0.1, 0.15) is 11.1 Å². The van der Waals surface area contributed by atoms with Gasteiger partial charge in [-0.2, -0.15) is 0 Å². The summed E-state index contributed by atoms with van der Waals surface area (Å²) in [5.41, 5.74) is 5.21. The van der Waals surface area contributed by atoms with Gasteiger partial charge in [-0.3, -0.25) is 0 Å². The number of methoxy groups -OCH3 is 1. The Kier molecular flexibility index (Phi) is 3.89. The maximum Gasteiger partial charge on any atom is 0.200 e. The van der Waals surface area contributed by atoms with Gasteiger partial charge in [-0.1, -0.05) is 29.0 Å². The Morgan fingerprint density at radius 2 is 1.83 bits per heavy atom. The van der Waals surface area contributed by atoms with Gasteiger partial charge in [0, 0.05) is 12.1 Å². The Bertz CT molecular complexity index is 552. The van der Waals surface area contributed by atoms with E-state index >= 15 is 0 Å². The van der Waals surface area contributed by atoms with Crippen LogP contribution in [0.15, 0.2) is 48.8 Å². The molecule has 0 saturated carbocycles. The summed E-state index contributed by atoms with van der Waals surface area (Å²) < 4.78 is 7.11. The van der Waals surface area contributed by atoms with E-state index in [4.69, 9.17) is 17.0 Å². The maximum atomic E-state index is 5.38. The quantitative estimate of drug-likeness (QED) is 0.676. The molecular weight excluding hydrogens is 244 g/mol. The maximum absolute atomic E-state index is 5.38. The third-order valence-electron chi connectivity index (χ3n) is 2.58. The van der Waals surface area contributed by atoms with Crippen molar-refractivity contribution >= 4 is 17.2 Å². The Hall–Kier alpha value is -1.94. The van der Waals surface area contributed by atoms with Crippen molar-refractivity contribution in [3.63, 3.8) is 0 Å². The van der Waals surface area contributed by atoms with E-state index < -0.39 is 0 Å². The highest BCUT2D eigenvalue weighted by molar-refractivity contribution is 7.81. The molecule has 0 bridgehead atoms. The molecule has 0 aliphatic rings. The van der Waals surface area contributed by atoms with Crippen molar-refractivity contribution in [2.45, 2.75) is 6.92 Å². The van der Waals surface area contributed by atoms with Crippen molar-refractivity contribution in [2.75, 3.05) is 12.5 Å². The molecule has 1 heterocycles. The number of aromatic nitrogens is 1. The van der Waals surface area contributed by atoms with Gasteiger partial charge >= 0.3 is 0 Å². The van der Waals surface area contributed by atoms with Gasteiger partial charge in [0.25, 0.3) is 0 Å². The highest BCUT2D eigenvalue weighted by atomic mass is 32.1. The van der Waals surface area contributed by atoms with Gasteiger partial charge in [0.1, 0.15) is 5.75 Å². The minimum absolute atomic E-state index is 0.626. The van der Waals surface area contributed by atoms with Crippen LogP contribution >= 0.6 is 12.2 Å². The fourth-order valence-corrected chi connectivity index (χ4v) is 1.86. The second-order valence-corrected chi connectivity index (χ2v) is 4.33. The predicted octanol–water partition coefficient (Wildman–Crippen LogP) is 2.21. The van der Waals surface area contributed by atoms with Crippen LogP contribution < -0.4 is 14.8 Å². The van der Waals surface area contributed by atoms with Crippen molar-refractivity contribution in [2.24, 2.45) is 0 Å². The topological polar surface area (TPSA) is 25.1 Å². The van der Waals surface area contributed by atoms with E-state index in [0.717, 1.165) is 11.3 Å². The molecule has 92 valence electrons. The first kappa shape index (κ1) is 12.5. The molecule has 1 aromatic heterocycles. The molecule has 0 amide bonds. The number of ether oxygens (including phenoxy) is 1. The second kappa shape index (κ2) is 5.60. The predicted molar refractivity (Wildman–Crippen MR) is 75.4 cm³/mol. The number of hydrogen-bond donors (Lipinski definition) is 1. The minimum Gasteiger partial charge on any atom is -0.496 e. The molecule has 0 saturated heterocycles.